The average molecular weight is 310 g/mol. The molecule has 7 heteroatoms. The van der Waals surface area contributed by atoms with Gasteiger partial charge in [-0.25, -0.2) is 0 Å². The first-order chi connectivity index (χ1) is 10.3. The van der Waals surface area contributed by atoms with Crippen LogP contribution in [0.4, 0.5) is 0 Å². The van der Waals surface area contributed by atoms with Gasteiger partial charge < -0.3 is 24.8 Å². The molecule has 22 heavy (non-hydrogen) atoms. The van der Waals surface area contributed by atoms with E-state index in [0.717, 1.165) is 0 Å². The van der Waals surface area contributed by atoms with E-state index >= 15 is 0 Å². The molecule has 122 valence electrons. The van der Waals surface area contributed by atoms with Crippen molar-refractivity contribution in [1.29, 1.82) is 0 Å². The number of ether oxygens (including phenoxy) is 3. The molecule has 1 aromatic carbocycles. The van der Waals surface area contributed by atoms with Gasteiger partial charge in [-0.2, -0.15) is 0 Å². The SMILES string of the molecule is COc1cc(C(=O)N(CC(N)=O)C(C)C)cc(OC)c1OC. The van der Waals surface area contributed by atoms with Crippen LogP contribution in [0.2, 0.25) is 0 Å². The highest BCUT2D eigenvalue weighted by Crippen LogP contribution is 2.38. The molecule has 2 amide bonds. The van der Waals surface area contributed by atoms with E-state index in [2.05, 4.69) is 0 Å². The Morgan fingerprint density at radius 3 is 1.91 bits per heavy atom. The number of methoxy groups -OCH3 is 3. The number of amides is 2. The van der Waals surface area contributed by atoms with Crippen molar-refractivity contribution in [2.24, 2.45) is 5.73 Å². The van der Waals surface area contributed by atoms with Crippen molar-refractivity contribution < 1.29 is 23.8 Å². The molecule has 0 aliphatic rings. The smallest absolute Gasteiger partial charge is 0.254 e. The molecule has 2 N–H and O–H groups in total. The van der Waals surface area contributed by atoms with Crippen molar-refractivity contribution >= 4 is 11.8 Å². The predicted molar refractivity (Wildman–Crippen MR) is 81.5 cm³/mol. The third kappa shape index (κ3) is 3.81. The fraction of sp³-hybridized carbons (Fsp3) is 0.467. The molecule has 1 rings (SSSR count). The second-order valence-electron chi connectivity index (χ2n) is 4.91. The molecule has 0 bridgehead atoms. The van der Waals surface area contributed by atoms with E-state index in [1.165, 1.54) is 26.2 Å². The van der Waals surface area contributed by atoms with Gasteiger partial charge in [0.05, 0.1) is 27.9 Å². The molecule has 0 aliphatic carbocycles. The molecule has 0 aliphatic heterocycles. The number of hydrogen-bond acceptors (Lipinski definition) is 5. The predicted octanol–water partition coefficient (Wildman–Crippen LogP) is 1.05. The lowest BCUT2D eigenvalue weighted by Gasteiger charge is -2.26. The van der Waals surface area contributed by atoms with Gasteiger partial charge in [-0.15, -0.1) is 0 Å². The van der Waals surface area contributed by atoms with E-state index in [0.29, 0.717) is 22.8 Å². The second kappa shape index (κ2) is 7.53. The molecular formula is C15H22N2O5. The summed E-state index contributed by atoms with van der Waals surface area (Å²) in [6.45, 7) is 3.45. The van der Waals surface area contributed by atoms with Crippen LogP contribution in [-0.2, 0) is 4.79 Å². The van der Waals surface area contributed by atoms with Gasteiger partial charge in [-0.3, -0.25) is 9.59 Å². The summed E-state index contributed by atoms with van der Waals surface area (Å²) in [4.78, 5) is 25.2. The third-order valence-corrected chi connectivity index (χ3v) is 3.12. The zero-order chi connectivity index (χ0) is 16.9. The summed E-state index contributed by atoms with van der Waals surface area (Å²) in [6, 6.07) is 2.90. The number of carbonyl (C=O) groups excluding carboxylic acids is 2. The zero-order valence-electron chi connectivity index (χ0n) is 13.5. The molecule has 0 fully saturated rings. The van der Waals surface area contributed by atoms with Gasteiger partial charge in [-0.05, 0) is 26.0 Å². The van der Waals surface area contributed by atoms with Gasteiger partial charge in [0.2, 0.25) is 11.7 Å². The fourth-order valence-corrected chi connectivity index (χ4v) is 2.03. The summed E-state index contributed by atoms with van der Waals surface area (Å²) in [5.41, 5.74) is 5.53. The summed E-state index contributed by atoms with van der Waals surface area (Å²) in [6.07, 6.45) is 0. The quantitative estimate of drug-likeness (QED) is 0.813. The highest BCUT2D eigenvalue weighted by atomic mass is 16.5. The van der Waals surface area contributed by atoms with Crippen LogP contribution in [0.5, 0.6) is 17.2 Å². The maximum Gasteiger partial charge on any atom is 0.254 e. The van der Waals surface area contributed by atoms with Gasteiger partial charge in [0, 0.05) is 11.6 Å². The lowest BCUT2D eigenvalue weighted by atomic mass is 10.1. The Morgan fingerprint density at radius 2 is 1.59 bits per heavy atom. The van der Waals surface area contributed by atoms with E-state index < -0.39 is 5.91 Å². The normalized spacial score (nSPS) is 10.3. The lowest BCUT2D eigenvalue weighted by Crippen LogP contribution is -2.42. The molecule has 1 aromatic rings. The number of nitrogens with zero attached hydrogens (tertiary/aromatic N) is 1. The Labute approximate surface area is 129 Å². The van der Waals surface area contributed by atoms with Crippen LogP contribution in [0, 0.1) is 0 Å². The molecule has 0 unspecified atom stereocenters. The number of nitrogens with two attached hydrogens (primary N) is 1. The van der Waals surface area contributed by atoms with Crippen LogP contribution in [-0.4, -0.2) is 50.6 Å². The summed E-state index contributed by atoms with van der Waals surface area (Å²) >= 11 is 0. The Morgan fingerprint density at radius 1 is 1.09 bits per heavy atom. The van der Waals surface area contributed by atoms with Crippen LogP contribution >= 0.6 is 0 Å². The standard InChI is InChI=1S/C15H22N2O5/c1-9(2)17(8-13(16)18)15(19)10-6-11(20-3)14(22-5)12(7-10)21-4/h6-7,9H,8H2,1-5H3,(H2,16,18). The van der Waals surface area contributed by atoms with Crippen LogP contribution in [0.1, 0.15) is 24.2 Å². The Hall–Kier alpha value is -2.44. The van der Waals surface area contributed by atoms with Gasteiger partial charge in [-0.1, -0.05) is 0 Å². The molecule has 0 saturated carbocycles. The van der Waals surface area contributed by atoms with Crippen molar-refractivity contribution in [3.63, 3.8) is 0 Å². The first-order valence-electron chi connectivity index (χ1n) is 6.75. The second-order valence-corrected chi connectivity index (χ2v) is 4.91. The summed E-state index contributed by atoms with van der Waals surface area (Å²) in [7, 11) is 4.42. The zero-order valence-corrected chi connectivity index (χ0v) is 13.5. The van der Waals surface area contributed by atoms with Gasteiger partial charge in [0.1, 0.15) is 0 Å². The number of carbonyl (C=O) groups is 2. The monoisotopic (exact) mass is 310 g/mol. The van der Waals surface area contributed by atoms with Crippen molar-refractivity contribution in [2.75, 3.05) is 27.9 Å². The maximum atomic E-state index is 12.6. The van der Waals surface area contributed by atoms with Crippen LogP contribution in [0.3, 0.4) is 0 Å². The van der Waals surface area contributed by atoms with E-state index in [9.17, 15) is 9.59 Å². The van der Waals surface area contributed by atoms with E-state index in [1.54, 1.807) is 26.0 Å². The maximum absolute atomic E-state index is 12.6. The van der Waals surface area contributed by atoms with E-state index in [1.807, 2.05) is 0 Å². The Balaban J connectivity index is 3.29. The molecule has 0 radical (unpaired) electrons. The topological polar surface area (TPSA) is 91.1 Å². The molecule has 0 saturated heterocycles. The Bertz CT molecular complexity index is 532. The van der Waals surface area contributed by atoms with Crippen LogP contribution < -0.4 is 19.9 Å². The minimum absolute atomic E-state index is 0.160. The fourth-order valence-electron chi connectivity index (χ4n) is 2.03. The van der Waals surface area contributed by atoms with E-state index in [4.69, 9.17) is 19.9 Å². The summed E-state index contributed by atoms with van der Waals surface area (Å²) < 4.78 is 15.7. The largest absolute Gasteiger partial charge is 0.493 e. The first-order valence-corrected chi connectivity index (χ1v) is 6.75. The minimum Gasteiger partial charge on any atom is -0.493 e. The molecule has 0 aromatic heterocycles. The van der Waals surface area contributed by atoms with Crippen molar-refractivity contribution in [3.05, 3.63) is 17.7 Å². The first kappa shape index (κ1) is 17.6. The van der Waals surface area contributed by atoms with Crippen molar-refractivity contribution in [1.82, 2.24) is 4.90 Å². The van der Waals surface area contributed by atoms with Gasteiger partial charge in [0.15, 0.2) is 11.5 Å². The number of benzene rings is 1. The molecule has 0 heterocycles. The van der Waals surface area contributed by atoms with Gasteiger partial charge in [0.25, 0.3) is 5.91 Å². The number of rotatable bonds is 7. The van der Waals surface area contributed by atoms with Crippen molar-refractivity contribution in [2.45, 2.75) is 19.9 Å². The average Bonchev–Trinajstić information content (AvgIpc) is 2.49. The Kier molecular flexibility index (Phi) is 6.03. The summed E-state index contributed by atoms with van der Waals surface area (Å²) in [5, 5.41) is 0. The molecular weight excluding hydrogens is 288 g/mol. The van der Waals surface area contributed by atoms with Crippen molar-refractivity contribution in [3.8, 4) is 17.2 Å². The third-order valence-electron chi connectivity index (χ3n) is 3.12. The summed E-state index contributed by atoms with van der Waals surface area (Å²) in [5.74, 6) is 0.219. The molecule has 0 spiro atoms. The molecule has 7 nitrogen and oxygen atoms in total. The van der Waals surface area contributed by atoms with Gasteiger partial charge >= 0.3 is 0 Å². The number of hydrogen-bond donors (Lipinski definition) is 1. The van der Waals surface area contributed by atoms with Crippen LogP contribution in [0.25, 0.3) is 0 Å². The number of primary amides is 1. The lowest BCUT2D eigenvalue weighted by molar-refractivity contribution is -0.119. The highest BCUT2D eigenvalue weighted by Gasteiger charge is 2.24. The van der Waals surface area contributed by atoms with Crippen LogP contribution in [0.15, 0.2) is 12.1 Å². The molecule has 0 atom stereocenters. The highest BCUT2D eigenvalue weighted by molar-refractivity contribution is 5.97. The van der Waals surface area contributed by atoms with E-state index in [-0.39, 0.29) is 18.5 Å². The minimum atomic E-state index is -0.575.